The van der Waals surface area contributed by atoms with Gasteiger partial charge >= 0.3 is 0 Å². The van der Waals surface area contributed by atoms with Crippen LogP contribution >= 0.6 is 11.6 Å². The Morgan fingerprint density at radius 1 is 1.12 bits per heavy atom. The highest BCUT2D eigenvalue weighted by molar-refractivity contribution is 6.35. The number of fused-ring (bicyclic) bond motifs is 4. The number of hydrogen-bond acceptors (Lipinski definition) is 7. The molecule has 2 saturated heterocycles. The molecule has 2 aliphatic heterocycles. The number of pyridine rings is 1. The normalized spacial score (nSPS) is 21.8. The highest BCUT2D eigenvalue weighted by Gasteiger charge is 2.40. The number of likely N-dealkylation sites (tertiary alicyclic amines) is 2. The molecule has 0 bridgehead atoms. The largest absolute Gasteiger partial charge is 0.440 e. The lowest BCUT2D eigenvalue weighted by Crippen LogP contribution is -2.47. The number of carbonyl (C=O) groups is 1. The van der Waals surface area contributed by atoms with Crippen molar-refractivity contribution in [2.45, 2.75) is 69.4 Å². The molecular formula is C38H34ClF2N7O2. The minimum absolute atomic E-state index is 0.0365. The van der Waals surface area contributed by atoms with Crippen molar-refractivity contribution in [2.24, 2.45) is 5.92 Å². The number of carbonyl (C=O) groups excluding carboxylic acids is 1. The maximum absolute atomic E-state index is 17.2. The Morgan fingerprint density at radius 2 is 1.92 bits per heavy atom. The monoisotopic (exact) mass is 693 g/mol. The van der Waals surface area contributed by atoms with Gasteiger partial charge in [-0.1, -0.05) is 41.9 Å². The molecule has 0 unspecified atom stereocenters. The Balaban J connectivity index is 1.31. The molecule has 0 radical (unpaired) electrons. The fourth-order valence-corrected chi connectivity index (χ4v) is 8.27. The maximum atomic E-state index is 17.2. The van der Waals surface area contributed by atoms with Crippen LogP contribution in [0.25, 0.3) is 43.8 Å². The number of benzene rings is 3. The highest BCUT2D eigenvalue weighted by Crippen LogP contribution is 2.44. The molecule has 2 aromatic heterocycles. The summed E-state index contributed by atoms with van der Waals surface area (Å²) in [6.45, 7) is 1.21. The van der Waals surface area contributed by atoms with E-state index in [1.54, 1.807) is 36.7 Å². The van der Waals surface area contributed by atoms with Crippen LogP contribution in [0.3, 0.4) is 0 Å². The Morgan fingerprint density at radius 3 is 2.64 bits per heavy atom. The highest BCUT2D eigenvalue weighted by atomic mass is 35.5. The van der Waals surface area contributed by atoms with Gasteiger partial charge in [0.05, 0.1) is 47.0 Å². The second-order valence-electron chi connectivity index (χ2n) is 13.7. The van der Waals surface area contributed by atoms with Gasteiger partial charge in [0, 0.05) is 40.9 Å². The fraction of sp³-hybridized carbons (Fsp3) is 0.395. The zero-order chi connectivity index (χ0) is 34.7. The van der Waals surface area contributed by atoms with Crippen molar-refractivity contribution in [3.8, 4) is 29.1 Å². The van der Waals surface area contributed by atoms with E-state index in [9.17, 15) is 15.3 Å². The fourth-order valence-electron chi connectivity index (χ4n) is 7.97. The summed E-state index contributed by atoms with van der Waals surface area (Å²) >= 11 is 6.97. The number of likely N-dealkylation sites (N-methyl/N-ethyl adjacent to an activating group) is 1. The van der Waals surface area contributed by atoms with Gasteiger partial charge in [-0.15, -0.1) is 0 Å². The first kappa shape index (κ1) is 32.4. The van der Waals surface area contributed by atoms with Gasteiger partial charge in [0.1, 0.15) is 5.52 Å². The third-order valence-corrected chi connectivity index (χ3v) is 11.0. The molecule has 8 rings (SSSR count). The Kier molecular flexibility index (Phi) is 8.29. The standard InChI is InChI=1S/C38H34ClF2N7O2/c1-46-15-4-9-29(46)36(41)50-37-34-35(48(20-44-34)25-13-16-47(24(17-25)12-14-42)38(49)22-10-11-22)27-18-28(39)31(32(40)33(27)45-37)26-8-3-6-21-5-2-7-23(19-43)30(21)26/h2-3,5-8,18,20,22,24-25,29,36H,4,9-13,15-17H2,1H3/t24-,25+,29+,36-/m1/s1. The Bertz CT molecular complexity index is 2250. The molecule has 1 amide bonds. The van der Waals surface area contributed by atoms with Gasteiger partial charge in [0.25, 0.3) is 6.36 Å². The van der Waals surface area contributed by atoms with E-state index < -0.39 is 18.2 Å². The predicted octanol–water partition coefficient (Wildman–Crippen LogP) is 7.69. The van der Waals surface area contributed by atoms with E-state index in [0.29, 0.717) is 53.2 Å². The van der Waals surface area contributed by atoms with Gasteiger partial charge in [-0.2, -0.15) is 10.5 Å². The molecule has 3 fully saturated rings. The van der Waals surface area contributed by atoms with Crippen LogP contribution in [0.1, 0.15) is 56.6 Å². The van der Waals surface area contributed by atoms with Crippen LogP contribution in [0.5, 0.6) is 5.88 Å². The van der Waals surface area contributed by atoms with Crippen molar-refractivity contribution in [1.82, 2.24) is 24.3 Å². The lowest BCUT2D eigenvalue weighted by Gasteiger charge is -2.39. The molecule has 254 valence electrons. The van der Waals surface area contributed by atoms with Crippen molar-refractivity contribution in [3.63, 3.8) is 0 Å². The summed E-state index contributed by atoms with van der Waals surface area (Å²) in [4.78, 5) is 26.1. The minimum Gasteiger partial charge on any atom is -0.440 e. The van der Waals surface area contributed by atoms with E-state index in [1.807, 2.05) is 33.5 Å². The number of halogens is 3. The van der Waals surface area contributed by atoms with Crippen molar-refractivity contribution in [3.05, 3.63) is 65.2 Å². The summed E-state index contributed by atoms with van der Waals surface area (Å²) in [6, 6.07) is 15.8. The summed E-state index contributed by atoms with van der Waals surface area (Å²) in [7, 11) is 1.84. The quantitative estimate of drug-likeness (QED) is 0.172. The first-order valence-electron chi connectivity index (χ1n) is 17.1. The second-order valence-corrected chi connectivity index (χ2v) is 14.1. The molecule has 4 atom stereocenters. The molecule has 1 aliphatic carbocycles. The number of alkyl halides is 1. The van der Waals surface area contributed by atoms with Crippen molar-refractivity contribution < 1.29 is 18.3 Å². The van der Waals surface area contributed by atoms with Crippen LogP contribution in [0, 0.1) is 34.4 Å². The average Bonchev–Trinajstić information content (AvgIpc) is 3.72. The molecule has 0 spiro atoms. The van der Waals surface area contributed by atoms with Crippen LogP contribution in [0.4, 0.5) is 8.78 Å². The predicted molar refractivity (Wildman–Crippen MR) is 186 cm³/mol. The number of rotatable bonds is 7. The topological polar surface area (TPSA) is 111 Å². The number of hydrogen-bond donors (Lipinski definition) is 0. The zero-order valence-electron chi connectivity index (χ0n) is 27.5. The molecular weight excluding hydrogens is 660 g/mol. The smallest absolute Gasteiger partial charge is 0.255 e. The lowest BCUT2D eigenvalue weighted by molar-refractivity contribution is -0.136. The molecule has 4 heterocycles. The number of ether oxygens (including phenoxy) is 1. The number of aromatic nitrogens is 3. The van der Waals surface area contributed by atoms with Gasteiger partial charge in [-0.05, 0) is 75.2 Å². The van der Waals surface area contributed by atoms with Crippen LogP contribution in [0.2, 0.25) is 5.02 Å². The van der Waals surface area contributed by atoms with E-state index in [1.165, 1.54) is 0 Å². The third kappa shape index (κ3) is 5.40. The number of nitriles is 2. The summed E-state index contributed by atoms with van der Waals surface area (Å²) in [5.41, 5.74) is 1.58. The first-order chi connectivity index (χ1) is 24.3. The van der Waals surface area contributed by atoms with E-state index in [-0.39, 0.29) is 57.8 Å². The molecule has 1 saturated carbocycles. The van der Waals surface area contributed by atoms with E-state index in [4.69, 9.17) is 16.3 Å². The van der Waals surface area contributed by atoms with Gasteiger partial charge < -0.3 is 14.2 Å². The van der Waals surface area contributed by atoms with E-state index in [0.717, 1.165) is 31.2 Å². The van der Waals surface area contributed by atoms with Crippen LogP contribution in [-0.2, 0) is 4.79 Å². The molecule has 0 N–H and O–H groups in total. The minimum atomic E-state index is -1.73. The first-order valence-corrected chi connectivity index (χ1v) is 17.5. The third-order valence-electron chi connectivity index (χ3n) is 10.7. The number of nitrogens with zero attached hydrogens (tertiary/aromatic N) is 7. The molecule has 50 heavy (non-hydrogen) atoms. The van der Waals surface area contributed by atoms with Crippen LogP contribution < -0.4 is 4.74 Å². The Labute approximate surface area is 292 Å². The van der Waals surface area contributed by atoms with Gasteiger partial charge in [0.15, 0.2) is 11.3 Å². The molecule has 3 aliphatic rings. The maximum Gasteiger partial charge on any atom is 0.255 e. The summed E-state index contributed by atoms with van der Waals surface area (Å²) < 4.78 is 40.9. The molecule has 9 nitrogen and oxygen atoms in total. The summed E-state index contributed by atoms with van der Waals surface area (Å²) in [5, 5.41) is 21.4. The van der Waals surface area contributed by atoms with Gasteiger partial charge in [0.2, 0.25) is 11.8 Å². The number of imidazole rings is 1. The van der Waals surface area contributed by atoms with Gasteiger partial charge in [-0.3, -0.25) is 9.69 Å². The van der Waals surface area contributed by atoms with Gasteiger partial charge in [-0.25, -0.2) is 18.7 Å². The summed E-state index contributed by atoms with van der Waals surface area (Å²) in [5.74, 6) is -0.719. The molecule has 3 aromatic carbocycles. The summed E-state index contributed by atoms with van der Waals surface area (Å²) in [6.07, 6.45) is 4.37. The second kappa shape index (κ2) is 12.8. The lowest BCUT2D eigenvalue weighted by atomic mass is 9.93. The zero-order valence-corrected chi connectivity index (χ0v) is 28.2. The van der Waals surface area contributed by atoms with Crippen LogP contribution in [-0.4, -0.2) is 68.8 Å². The molecule has 12 heteroatoms. The molecule has 5 aromatic rings. The average molecular weight is 694 g/mol. The van der Waals surface area contributed by atoms with E-state index in [2.05, 4.69) is 22.1 Å². The van der Waals surface area contributed by atoms with Crippen molar-refractivity contribution >= 4 is 50.2 Å². The SMILES string of the molecule is CN1CCC[C@H]1[C@H](F)Oc1nc2c(F)c(-c3cccc4cccc(C#N)c34)c(Cl)cc2c2c1ncn2[C@H]1CCN(C(=O)C2CC2)[C@H](CC#N)C1. The number of amides is 1. The number of piperidine rings is 1. The van der Waals surface area contributed by atoms with Crippen molar-refractivity contribution in [1.29, 1.82) is 10.5 Å². The van der Waals surface area contributed by atoms with Crippen LogP contribution in [0.15, 0.2) is 48.8 Å². The van der Waals surface area contributed by atoms with Crippen molar-refractivity contribution in [2.75, 3.05) is 20.1 Å². The Hall–Kier alpha value is -4.84. The van der Waals surface area contributed by atoms with E-state index >= 15 is 8.78 Å².